The molecule has 3 rings (SSSR count). The molecule has 1 aliphatic rings. The van der Waals surface area contributed by atoms with Crippen molar-refractivity contribution in [2.75, 3.05) is 13.2 Å². The SMILES string of the molecule is Cc1ccc([B-]2(c3cc(C(F)(F)F)cc(C(F)(F)F)c3)OCCO2)s1. The van der Waals surface area contributed by atoms with Gasteiger partial charge in [0.05, 0.1) is 11.1 Å². The topological polar surface area (TPSA) is 18.5 Å². The third-order valence-electron chi connectivity index (χ3n) is 3.97. The molecule has 0 aliphatic carbocycles. The first-order valence-electron chi connectivity index (χ1n) is 7.31. The third-order valence-corrected chi connectivity index (χ3v) is 5.11. The van der Waals surface area contributed by atoms with Crippen molar-refractivity contribution in [2.45, 2.75) is 19.3 Å². The van der Waals surface area contributed by atoms with E-state index in [4.69, 9.17) is 9.31 Å². The van der Waals surface area contributed by atoms with Crippen LogP contribution in [-0.4, -0.2) is 19.8 Å². The molecule has 0 atom stereocenters. The number of halogens is 6. The molecule has 10 heteroatoms. The van der Waals surface area contributed by atoms with Gasteiger partial charge in [0.2, 0.25) is 0 Å². The Bertz CT molecular complexity index is 745. The van der Waals surface area contributed by atoms with E-state index in [0.717, 1.165) is 4.88 Å². The number of hydrogen-bond donors (Lipinski definition) is 0. The summed E-state index contributed by atoms with van der Waals surface area (Å²) in [5, 5.41) is 0. The highest BCUT2D eigenvalue weighted by molar-refractivity contribution is 7.27. The van der Waals surface area contributed by atoms with E-state index < -0.39 is 30.0 Å². The molecule has 1 aliphatic heterocycles. The van der Waals surface area contributed by atoms with Crippen LogP contribution in [0.1, 0.15) is 16.0 Å². The summed E-state index contributed by atoms with van der Waals surface area (Å²) in [6.07, 6.45) is -9.84. The first-order valence-corrected chi connectivity index (χ1v) is 8.13. The fourth-order valence-corrected chi connectivity index (χ4v) is 3.92. The van der Waals surface area contributed by atoms with Gasteiger partial charge in [-0.1, -0.05) is 29.0 Å². The highest BCUT2D eigenvalue weighted by atomic mass is 32.1. The number of thiophene rings is 1. The minimum atomic E-state index is -4.92. The lowest BCUT2D eigenvalue weighted by atomic mass is 9.50. The molecule has 1 aromatic carbocycles. The maximum atomic E-state index is 13.1. The Morgan fingerprint density at radius 2 is 1.40 bits per heavy atom. The van der Waals surface area contributed by atoms with Crippen LogP contribution in [0.2, 0.25) is 0 Å². The Morgan fingerprint density at radius 1 is 0.880 bits per heavy atom. The van der Waals surface area contributed by atoms with E-state index in [1.54, 1.807) is 19.1 Å². The van der Waals surface area contributed by atoms with Crippen LogP contribution in [-0.2, 0) is 21.7 Å². The highest BCUT2D eigenvalue weighted by Crippen LogP contribution is 2.35. The van der Waals surface area contributed by atoms with E-state index in [9.17, 15) is 26.3 Å². The predicted molar refractivity (Wildman–Crippen MR) is 82.4 cm³/mol. The van der Waals surface area contributed by atoms with Crippen molar-refractivity contribution in [2.24, 2.45) is 0 Å². The minimum Gasteiger partial charge on any atom is -0.559 e. The van der Waals surface area contributed by atoms with Gasteiger partial charge in [0.15, 0.2) is 0 Å². The van der Waals surface area contributed by atoms with Crippen LogP contribution >= 0.6 is 11.3 Å². The van der Waals surface area contributed by atoms with Crippen LogP contribution in [0.25, 0.3) is 0 Å². The normalized spacial score (nSPS) is 17.9. The maximum Gasteiger partial charge on any atom is 0.416 e. The number of rotatable bonds is 2. The van der Waals surface area contributed by atoms with Crippen molar-refractivity contribution < 1.29 is 35.7 Å². The molecule has 0 amide bonds. The summed E-state index contributed by atoms with van der Waals surface area (Å²) in [5.41, 5.74) is -3.03. The second-order valence-corrected chi connectivity index (χ2v) is 7.06. The van der Waals surface area contributed by atoms with Gasteiger partial charge in [-0.25, -0.2) is 0 Å². The van der Waals surface area contributed by atoms with Gasteiger partial charge in [-0.2, -0.15) is 37.7 Å². The van der Waals surface area contributed by atoms with Crippen LogP contribution in [0.3, 0.4) is 0 Å². The van der Waals surface area contributed by atoms with E-state index in [2.05, 4.69) is 0 Å². The molecule has 2 nitrogen and oxygen atoms in total. The Hall–Kier alpha value is -1.52. The van der Waals surface area contributed by atoms with Gasteiger partial charge in [0.1, 0.15) is 0 Å². The number of aryl methyl sites for hydroxylation is 1. The monoisotopic (exact) mass is 381 g/mol. The van der Waals surface area contributed by atoms with Crippen molar-refractivity contribution in [1.29, 1.82) is 0 Å². The summed E-state index contributed by atoms with van der Waals surface area (Å²) in [6, 6.07) is 4.78. The summed E-state index contributed by atoms with van der Waals surface area (Å²) in [7, 11) is 0. The van der Waals surface area contributed by atoms with E-state index in [1.807, 2.05) is 0 Å². The number of alkyl halides is 6. The van der Waals surface area contributed by atoms with Gasteiger partial charge in [-0.15, -0.1) is 5.46 Å². The molecule has 1 aromatic heterocycles. The van der Waals surface area contributed by atoms with Crippen LogP contribution in [0.15, 0.2) is 30.3 Å². The summed E-state index contributed by atoms with van der Waals surface area (Å²) in [4.78, 5) is 0.846. The lowest BCUT2D eigenvalue weighted by molar-refractivity contribution is -0.142. The van der Waals surface area contributed by atoms with Crippen molar-refractivity contribution in [3.63, 3.8) is 0 Å². The summed E-state index contributed by atoms with van der Waals surface area (Å²) < 4.78 is 90.3. The van der Waals surface area contributed by atoms with E-state index in [-0.39, 0.29) is 24.7 Å². The molecule has 0 spiro atoms. The Morgan fingerprint density at radius 3 is 1.80 bits per heavy atom. The Balaban J connectivity index is 2.23. The van der Waals surface area contributed by atoms with Crippen LogP contribution in [0.4, 0.5) is 26.3 Å². The van der Waals surface area contributed by atoms with E-state index in [1.165, 1.54) is 11.3 Å². The molecule has 2 aromatic rings. The predicted octanol–water partition coefficient (Wildman–Crippen LogP) is 3.70. The zero-order chi connectivity index (χ0) is 18.5. The van der Waals surface area contributed by atoms with Crippen molar-refractivity contribution in [3.8, 4) is 0 Å². The molecule has 0 bridgehead atoms. The van der Waals surface area contributed by atoms with E-state index >= 15 is 0 Å². The average molecular weight is 381 g/mol. The number of benzene rings is 1. The standard InChI is InChI=1S/C15H12BF6O2S/c1-9-2-3-13(25-9)16(23-4-5-24-16)12-7-10(14(17,18)19)6-11(8-12)15(20,21)22/h2-3,6-8H,4-5H2,1H3/q-1. The van der Waals surface area contributed by atoms with Crippen LogP contribution in [0, 0.1) is 6.92 Å². The molecule has 2 heterocycles. The minimum absolute atomic E-state index is 0.0918. The van der Waals surface area contributed by atoms with Crippen LogP contribution in [0.5, 0.6) is 0 Å². The second kappa shape index (κ2) is 6.03. The fraction of sp³-hybridized carbons (Fsp3) is 0.333. The fourth-order valence-electron chi connectivity index (χ4n) is 2.85. The van der Waals surface area contributed by atoms with Crippen molar-refractivity contribution in [1.82, 2.24) is 0 Å². The summed E-state index contributed by atoms with van der Waals surface area (Å²) >= 11 is 1.22. The second-order valence-electron chi connectivity index (χ2n) is 5.74. The van der Waals surface area contributed by atoms with E-state index in [0.29, 0.717) is 16.9 Å². The molecule has 0 saturated carbocycles. The number of hydrogen-bond acceptors (Lipinski definition) is 3. The van der Waals surface area contributed by atoms with Crippen molar-refractivity contribution in [3.05, 3.63) is 46.3 Å². The zero-order valence-corrected chi connectivity index (χ0v) is 13.7. The lowest BCUT2D eigenvalue weighted by Gasteiger charge is -2.36. The highest BCUT2D eigenvalue weighted by Gasteiger charge is 2.42. The van der Waals surface area contributed by atoms with Gasteiger partial charge >= 0.3 is 18.9 Å². The molecule has 25 heavy (non-hydrogen) atoms. The van der Waals surface area contributed by atoms with Gasteiger partial charge in [-0.3, -0.25) is 0 Å². The molecule has 136 valence electrons. The summed E-state index contributed by atoms with van der Waals surface area (Å²) in [5.74, 6) is 0. The van der Waals surface area contributed by atoms with Gasteiger partial charge in [0.25, 0.3) is 0 Å². The molecule has 0 radical (unpaired) electrons. The molecular weight excluding hydrogens is 369 g/mol. The van der Waals surface area contributed by atoms with Crippen LogP contribution < -0.4 is 10.2 Å². The molecule has 1 fully saturated rings. The zero-order valence-electron chi connectivity index (χ0n) is 12.9. The molecular formula is C15H12BF6O2S-. The molecule has 1 saturated heterocycles. The Kier molecular flexibility index (Phi) is 4.41. The smallest absolute Gasteiger partial charge is 0.416 e. The lowest BCUT2D eigenvalue weighted by Crippen LogP contribution is -2.59. The third kappa shape index (κ3) is 3.43. The van der Waals surface area contributed by atoms with Gasteiger partial charge in [0, 0.05) is 13.2 Å². The largest absolute Gasteiger partial charge is 0.559 e. The summed E-state index contributed by atoms with van der Waals surface area (Å²) in [6.45, 7) is -0.613. The maximum absolute atomic E-state index is 13.1. The van der Waals surface area contributed by atoms with Gasteiger partial charge < -0.3 is 9.31 Å². The molecule has 0 N–H and O–H groups in total. The Labute approximate surface area is 143 Å². The van der Waals surface area contributed by atoms with Gasteiger partial charge in [-0.05, 0) is 17.9 Å². The average Bonchev–Trinajstić information content (AvgIpc) is 3.14. The van der Waals surface area contributed by atoms with Crippen molar-refractivity contribution >= 4 is 28.1 Å². The quantitative estimate of drug-likeness (QED) is 0.584. The first kappa shape index (κ1) is 18.3. The first-order chi connectivity index (χ1) is 11.5. The molecule has 0 unspecified atom stereocenters.